The lowest BCUT2D eigenvalue weighted by Gasteiger charge is -2.32. The summed E-state index contributed by atoms with van der Waals surface area (Å²) in [6.07, 6.45) is 1.02. The second kappa shape index (κ2) is 11.0. The fourth-order valence-electron chi connectivity index (χ4n) is 2.21. The fourth-order valence-corrected chi connectivity index (χ4v) is 2.21. The molecule has 0 aliphatic rings. The maximum Gasteiger partial charge on any atom is 0.410 e. The minimum Gasteiger partial charge on any atom is -0.444 e. The lowest BCUT2D eigenvalue weighted by Crippen LogP contribution is -2.48. The molecule has 2 amide bonds. The van der Waals surface area contributed by atoms with E-state index in [1.807, 2.05) is 34.6 Å². The van der Waals surface area contributed by atoms with Crippen LogP contribution in [0.2, 0.25) is 0 Å². The molecular formula is C19H37N5O4. The monoisotopic (exact) mass is 399 g/mol. The highest BCUT2D eigenvalue weighted by Gasteiger charge is 2.27. The molecule has 0 aromatic rings. The van der Waals surface area contributed by atoms with Gasteiger partial charge in [-0.1, -0.05) is 5.11 Å². The van der Waals surface area contributed by atoms with E-state index in [4.69, 9.17) is 15.0 Å². The van der Waals surface area contributed by atoms with E-state index < -0.39 is 28.9 Å². The molecule has 9 heteroatoms. The van der Waals surface area contributed by atoms with Crippen molar-refractivity contribution in [1.82, 2.24) is 10.2 Å². The van der Waals surface area contributed by atoms with Gasteiger partial charge in [-0.25, -0.2) is 9.59 Å². The molecule has 162 valence electrons. The lowest BCUT2D eigenvalue weighted by atomic mass is 10.0. The number of unbranched alkanes of at least 4 members (excludes halogenated alkanes) is 1. The third-order valence-corrected chi connectivity index (χ3v) is 3.50. The topological polar surface area (TPSA) is 117 Å². The fraction of sp³-hybridized carbons (Fsp3) is 0.895. The van der Waals surface area contributed by atoms with Crippen molar-refractivity contribution in [2.75, 3.05) is 19.6 Å². The molecule has 0 saturated heterocycles. The van der Waals surface area contributed by atoms with E-state index in [0.29, 0.717) is 38.9 Å². The van der Waals surface area contributed by atoms with E-state index in [0.717, 1.165) is 0 Å². The van der Waals surface area contributed by atoms with Crippen molar-refractivity contribution in [2.24, 2.45) is 5.11 Å². The number of alkyl carbamates (subject to hydrolysis) is 1. The number of azide groups is 1. The Morgan fingerprint density at radius 2 is 1.54 bits per heavy atom. The van der Waals surface area contributed by atoms with Crippen LogP contribution in [0.4, 0.5) is 9.59 Å². The number of carbonyl (C=O) groups excluding carboxylic acids is 2. The molecule has 0 heterocycles. The average molecular weight is 400 g/mol. The molecule has 0 aromatic carbocycles. The second-order valence-corrected chi connectivity index (χ2v) is 9.39. The molecule has 0 radical (unpaired) electrons. The first-order valence-electron chi connectivity index (χ1n) is 9.65. The molecular weight excluding hydrogens is 362 g/mol. The third kappa shape index (κ3) is 14.0. The Kier molecular flexibility index (Phi) is 10.2. The third-order valence-electron chi connectivity index (χ3n) is 3.50. The van der Waals surface area contributed by atoms with Gasteiger partial charge in [-0.15, -0.1) is 0 Å². The maximum atomic E-state index is 12.5. The Balaban J connectivity index is 4.83. The van der Waals surface area contributed by atoms with E-state index in [9.17, 15) is 9.59 Å². The average Bonchev–Trinajstić information content (AvgIpc) is 2.45. The van der Waals surface area contributed by atoms with E-state index in [1.165, 1.54) is 0 Å². The van der Waals surface area contributed by atoms with Crippen LogP contribution in [0.25, 0.3) is 10.4 Å². The lowest BCUT2D eigenvalue weighted by molar-refractivity contribution is 0.0229. The van der Waals surface area contributed by atoms with Gasteiger partial charge in [-0.3, -0.25) is 0 Å². The summed E-state index contributed by atoms with van der Waals surface area (Å²) in [6, 6.07) is 0. The van der Waals surface area contributed by atoms with Crippen LogP contribution in [0.3, 0.4) is 0 Å². The summed E-state index contributed by atoms with van der Waals surface area (Å²) in [5, 5.41) is 6.35. The summed E-state index contributed by atoms with van der Waals surface area (Å²) in [4.78, 5) is 28.9. The highest BCUT2D eigenvalue weighted by Crippen LogP contribution is 2.16. The Labute approximate surface area is 168 Å². The molecule has 9 nitrogen and oxygen atoms in total. The van der Waals surface area contributed by atoms with E-state index in [1.54, 1.807) is 25.7 Å². The number of carbonyl (C=O) groups is 2. The van der Waals surface area contributed by atoms with Crippen molar-refractivity contribution >= 4 is 12.2 Å². The van der Waals surface area contributed by atoms with Gasteiger partial charge in [0, 0.05) is 30.1 Å². The SMILES string of the molecule is CC(C)(CCN(CCCCN=[N+]=[N-])C(=O)OC(C)(C)C)NC(=O)OC(C)(C)C. The van der Waals surface area contributed by atoms with E-state index in [2.05, 4.69) is 15.3 Å². The molecule has 0 bridgehead atoms. The van der Waals surface area contributed by atoms with Crippen molar-refractivity contribution in [2.45, 2.75) is 91.4 Å². The van der Waals surface area contributed by atoms with E-state index in [-0.39, 0.29) is 0 Å². The number of ether oxygens (including phenoxy) is 2. The van der Waals surface area contributed by atoms with Crippen LogP contribution in [0.1, 0.15) is 74.7 Å². The zero-order valence-electron chi connectivity index (χ0n) is 18.7. The van der Waals surface area contributed by atoms with Gasteiger partial charge < -0.3 is 19.7 Å². The standard InChI is InChI=1S/C19H37N5O4/c1-17(2,3)27-15(25)22-19(7,8)11-14-24(13-10-9-12-21-23-20)16(26)28-18(4,5)6/h9-14H2,1-8H3,(H,22,25). The molecule has 0 aliphatic heterocycles. The molecule has 0 unspecified atom stereocenters. The smallest absolute Gasteiger partial charge is 0.410 e. The molecule has 0 rings (SSSR count). The molecule has 0 aliphatic carbocycles. The van der Waals surface area contributed by atoms with Gasteiger partial charge in [-0.2, -0.15) is 0 Å². The maximum absolute atomic E-state index is 12.5. The number of rotatable bonds is 9. The molecule has 0 atom stereocenters. The summed E-state index contributed by atoms with van der Waals surface area (Å²) in [6.45, 7) is 15.9. The first-order chi connectivity index (χ1) is 12.7. The first-order valence-corrected chi connectivity index (χ1v) is 9.65. The highest BCUT2D eigenvalue weighted by molar-refractivity contribution is 5.69. The minimum atomic E-state index is -0.593. The Morgan fingerprint density at radius 1 is 0.964 bits per heavy atom. The number of nitrogens with zero attached hydrogens (tertiary/aromatic N) is 4. The van der Waals surface area contributed by atoms with Crippen LogP contribution in [-0.4, -0.2) is 53.5 Å². The summed E-state index contributed by atoms with van der Waals surface area (Å²) in [7, 11) is 0. The largest absolute Gasteiger partial charge is 0.444 e. The van der Waals surface area contributed by atoms with Crippen LogP contribution >= 0.6 is 0 Å². The van der Waals surface area contributed by atoms with Crippen LogP contribution in [-0.2, 0) is 9.47 Å². The summed E-state index contributed by atoms with van der Waals surface area (Å²) in [5.41, 5.74) is 6.61. The van der Waals surface area contributed by atoms with Crippen LogP contribution in [0, 0.1) is 0 Å². The van der Waals surface area contributed by atoms with Crippen molar-refractivity contribution in [3.8, 4) is 0 Å². The van der Waals surface area contributed by atoms with Gasteiger partial charge in [0.25, 0.3) is 0 Å². The molecule has 0 aromatic heterocycles. The van der Waals surface area contributed by atoms with Gasteiger partial charge in [0.2, 0.25) is 0 Å². The predicted octanol–water partition coefficient (Wildman–Crippen LogP) is 5.01. The van der Waals surface area contributed by atoms with Gasteiger partial charge in [0.1, 0.15) is 11.2 Å². The number of amides is 2. The quantitative estimate of drug-likeness (QED) is 0.254. The summed E-state index contributed by atoms with van der Waals surface area (Å²) in [5.74, 6) is 0. The van der Waals surface area contributed by atoms with Crippen LogP contribution in [0.15, 0.2) is 5.11 Å². The molecule has 0 saturated carbocycles. The van der Waals surface area contributed by atoms with Crippen molar-refractivity contribution in [3.05, 3.63) is 10.4 Å². The molecule has 28 heavy (non-hydrogen) atoms. The zero-order chi connectivity index (χ0) is 22.0. The molecule has 0 spiro atoms. The second-order valence-electron chi connectivity index (χ2n) is 9.39. The number of nitrogens with one attached hydrogen (secondary N) is 1. The van der Waals surface area contributed by atoms with Gasteiger partial charge in [-0.05, 0) is 80.2 Å². The highest BCUT2D eigenvalue weighted by atomic mass is 16.6. The van der Waals surface area contributed by atoms with Gasteiger partial charge in [0.05, 0.1) is 0 Å². The van der Waals surface area contributed by atoms with Crippen molar-refractivity contribution in [1.29, 1.82) is 0 Å². The normalized spacial score (nSPS) is 12.0. The van der Waals surface area contributed by atoms with E-state index >= 15 is 0 Å². The Bertz CT molecular complexity index is 558. The summed E-state index contributed by atoms with van der Waals surface area (Å²) >= 11 is 0. The predicted molar refractivity (Wildman–Crippen MR) is 109 cm³/mol. The van der Waals surface area contributed by atoms with Gasteiger partial charge >= 0.3 is 12.2 Å². The number of hydrogen-bond acceptors (Lipinski definition) is 5. The van der Waals surface area contributed by atoms with Crippen LogP contribution in [0.5, 0.6) is 0 Å². The van der Waals surface area contributed by atoms with Crippen molar-refractivity contribution < 1.29 is 19.1 Å². The molecule has 1 N–H and O–H groups in total. The number of hydrogen-bond donors (Lipinski definition) is 1. The van der Waals surface area contributed by atoms with Crippen molar-refractivity contribution in [3.63, 3.8) is 0 Å². The Hall–Kier alpha value is -2.15. The minimum absolute atomic E-state index is 0.393. The zero-order valence-corrected chi connectivity index (χ0v) is 18.7. The van der Waals surface area contributed by atoms with Gasteiger partial charge in [0.15, 0.2) is 0 Å². The summed E-state index contributed by atoms with van der Waals surface area (Å²) < 4.78 is 10.8. The Morgan fingerprint density at radius 3 is 2.04 bits per heavy atom. The van der Waals surface area contributed by atoms with Crippen LogP contribution < -0.4 is 5.32 Å². The first kappa shape index (κ1) is 25.9. The molecule has 0 fully saturated rings.